The molecule has 2 aliphatic heterocycles. The molecule has 4 atom stereocenters. The lowest BCUT2D eigenvalue weighted by atomic mass is 9.87. The van der Waals surface area contributed by atoms with Crippen LogP contribution in [0, 0.1) is 0 Å². The summed E-state index contributed by atoms with van der Waals surface area (Å²) in [6.07, 6.45) is -1.01. The van der Waals surface area contributed by atoms with Gasteiger partial charge in [-0.1, -0.05) is 29.3 Å². The molecule has 0 radical (unpaired) electrons. The van der Waals surface area contributed by atoms with Crippen LogP contribution in [0.4, 0.5) is 0 Å². The van der Waals surface area contributed by atoms with E-state index in [1.54, 1.807) is 25.1 Å². The van der Waals surface area contributed by atoms with Gasteiger partial charge in [-0.15, -0.1) is 0 Å². The standard InChI is InChI=1S/C15H18Cl2O4/c1-14(2)20-11-7-19-13(12(11)21-14)15(3,18)8-4-5-9(16)10(17)6-8/h4-6,11-13,18H,7H2,1-3H3/t11?,12?,13?,15-/m1/s1. The quantitative estimate of drug-likeness (QED) is 0.903. The molecule has 0 spiro atoms. The number of aliphatic hydroxyl groups is 1. The molecule has 0 bridgehead atoms. The van der Waals surface area contributed by atoms with Gasteiger partial charge in [0.25, 0.3) is 0 Å². The summed E-state index contributed by atoms with van der Waals surface area (Å²) >= 11 is 12.0. The van der Waals surface area contributed by atoms with Gasteiger partial charge in [-0.2, -0.15) is 0 Å². The van der Waals surface area contributed by atoms with E-state index in [0.717, 1.165) is 0 Å². The van der Waals surface area contributed by atoms with E-state index >= 15 is 0 Å². The van der Waals surface area contributed by atoms with E-state index in [0.29, 0.717) is 22.2 Å². The molecule has 2 aliphatic rings. The maximum Gasteiger partial charge on any atom is 0.164 e. The van der Waals surface area contributed by atoms with Gasteiger partial charge >= 0.3 is 0 Å². The Labute approximate surface area is 133 Å². The number of ether oxygens (including phenoxy) is 3. The average Bonchev–Trinajstić information content (AvgIpc) is 2.87. The van der Waals surface area contributed by atoms with Gasteiger partial charge < -0.3 is 19.3 Å². The predicted molar refractivity (Wildman–Crippen MR) is 79.6 cm³/mol. The van der Waals surface area contributed by atoms with Crippen molar-refractivity contribution in [1.29, 1.82) is 0 Å². The number of rotatable bonds is 2. The third-order valence-electron chi connectivity index (χ3n) is 4.02. The minimum Gasteiger partial charge on any atom is -0.383 e. The molecular weight excluding hydrogens is 315 g/mol. The monoisotopic (exact) mass is 332 g/mol. The van der Waals surface area contributed by atoms with E-state index in [2.05, 4.69) is 0 Å². The Kier molecular flexibility index (Phi) is 3.76. The van der Waals surface area contributed by atoms with Crippen molar-refractivity contribution >= 4 is 23.2 Å². The van der Waals surface area contributed by atoms with Crippen molar-refractivity contribution in [3.63, 3.8) is 0 Å². The zero-order valence-corrected chi connectivity index (χ0v) is 13.6. The van der Waals surface area contributed by atoms with Crippen molar-refractivity contribution in [2.24, 2.45) is 0 Å². The molecule has 3 rings (SSSR count). The smallest absolute Gasteiger partial charge is 0.164 e. The predicted octanol–water partition coefficient (Wildman–Crippen LogP) is 3.12. The minimum absolute atomic E-state index is 0.167. The normalized spacial score (nSPS) is 33.7. The molecule has 4 nitrogen and oxygen atoms in total. The van der Waals surface area contributed by atoms with Crippen LogP contribution in [0.5, 0.6) is 0 Å². The molecule has 0 amide bonds. The summed E-state index contributed by atoms with van der Waals surface area (Å²) in [5.74, 6) is -0.662. The van der Waals surface area contributed by atoms with Crippen LogP contribution in [0.3, 0.4) is 0 Å². The summed E-state index contributed by atoms with van der Waals surface area (Å²) in [6.45, 7) is 5.80. The van der Waals surface area contributed by atoms with E-state index < -0.39 is 17.5 Å². The second-order valence-electron chi connectivity index (χ2n) is 6.17. The Balaban J connectivity index is 1.89. The molecule has 0 saturated carbocycles. The first-order chi connectivity index (χ1) is 9.71. The SMILES string of the molecule is CC1(C)OC2COC([C@](C)(O)c3ccc(Cl)c(Cl)c3)C2O1. The molecule has 2 fully saturated rings. The molecule has 2 heterocycles. The number of fused-ring (bicyclic) bond motifs is 1. The van der Waals surface area contributed by atoms with Crippen molar-refractivity contribution in [2.75, 3.05) is 6.61 Å². The number of hydrogen-bond acceptors (Lipinski definition) is 4. The van der Waals surface area contributed by atoms with Crippen molar-refractivity contribution < 1.29 is 19.3 Å². The van der Waals surface area contributed by atoms with Gasteiger partial charge in [0.05, 0.1) is 16.7 Å². The van der Waals surface area contributed by atoms with E-state index in [4.69, 9.17) is 37.4 Å². The summed E-state index contributed by atoms with van der Waals surface area (Å²) in [4.78, 5) is 0. The Bertz CT molecular complexity index is 559. The molecule has 0 aliphatic carbocycles. The Hall–Kier alpha value is -0.360. The second-order valence-corrected chi connectivity index (χ2v) is 6.98. The fraction of sp³-hybridized carbons (Fsp3) is 0.600. The van der Waals surface area contributed by atoms with Crippen molar-refractivity contribution in [3.05, 3.63) is 33.8 Å². The van der Waals surface area contributed by atoms with Crippen LogP contribution in [0.1, 0.15) is 26.3 Å². The van der Waals surface area contributed by atoms with E-state index in [1.165, 1.54) is 0 Å². The molecule has 1 aromatic rings. The van der Waals surface area contributed by atoms with Gasteiger partial charge in [-0.3, -0.25) is 0 Å². The molecule has 1 aromatic carbocycles. The fourth-order valence-electron chi connectivity index (χ4n) is 3.00. The minimum atomic E-state index is -1.25. The lowest BCUT2D eigenvalue weighted by Gasteiger charge is -2.33. The van der Waals surface area contributed by atoms with Gasteiger partial charge in [0.2, 0.25) is 0 Å². The van der Waals surface area contributed by atoms with Crippen LogP contribution in [-0.4, -0.2) is 35.8 Å². The highest BCUT2D eigenvalue weighted by Crippen LogP contribution is 2.42. The highest BCUT2D eigenvalue weighted by molar-refractivity contribution is 6.42. The van der Waals surface area contributed by atoms with Gasteiger partial charge in [-0.25, -0.2) is 0 Å². The Morgan fingerprint density at radius 1 is 1.24 bits per heavy atom. The fourth-order valence-corrected chi connectivity index (χ4v) is 3.30. The molecule has 2 saturated heterocycles. The Morgan fingerprint density at radius 3 is 2.62 bits per heavy atom. The Morgan fingerprint density at radius 2 is 1.95 bits per heavy atom. The third-order valence-corrected chi connectivity index (χ3v) is 4.76. The highest BCUT2D eigenvalue weighted by Gasteiger charge is 2.55. The van der Waals surface area contributed by atoms with Crippen LogP contribution >= 0.6 is 23.2 Å². The van der Waals surface area contributed by atoms with Crippen LogP contribution in [0.2, 0.25) is 10.0 Å². The maximum atomic E-state index is 11.0. The summed E-state index contributed by atoms with van der Waals surface area (Å²) in [5.41, 5.74) is -0.618. The summed E-state index contributed by atoms with van der Waals surface area (Å²) in [5, 5.41) is 11.8. The van der Waals surface area contributed by atoms with Crippen LogP contribution in [0.15, 0.2) is 18.2 Å². The largest absolute Gasteiger partial charge is 0.383 e. The molecule has 116 valence electrons. The zero-order valence-electron chi connectivity index (χ0n) is 12.1. The van der Waals surface area contributed by atoms with Crippen LogP contribution < -0.4 is 0 Å². The highest BCUT2D eigenvalue weighted by atomic mass is 35.5. The van der Waals surface area contributed by atoms with Gasteiger partial charge in [0, 0.05) is 0 Å². The zero-order chi connectivity index (χ0) is 15.4. The summed E-state index contributed by atoms with van der Waals surface area (Å²) < 4.78 is 17.4. The second kappa shape index (κ2) is 5.08. The third kappa shape index (κ3) is 2.69. The van der Waals surface area contributed by atoms with Crippen molar-refractivity contribution in [1.82, 2.24) is 0 Å². The summed E-state index contributed by atoms with van der Waals surface area (Å²) in [6, 6.07) is 5.06. The lowest BCUT2D eigenvalue weighted by molar-refractivity contribution is -0.198. The molecule has 0 aromatic heterocycles. The van der Waals surface area contributed by atoms with Crippen LogP contribution in [-0.2, 0) is 19.8 Å². The van der Waals surface area contributed by atoms with Gasteiger partial charge in [0.1, 0.15) is 23.9 Å². The number of halogens is 2. The number of benzene rings is 1. The average molecular weight is 333 g/mol. The van der Waals surface area contributed by atoms with Gasteiger partial charge in [-0.05, 0) is 38.5 Å². The topological polar surface area (TPSA) is 47.9 Å². The molecule has 1 N–H and O–H groups in total. The first kappa shape index (κ1) is 15.5. The van der Waals surface area contributed by atoms with Crippen molar-refractivity contribution in [3.8, 4) is 0 Å². The van der Waals surface area contributed by atoms with E-state index in [1.807, 2.05) is 13.8 Å². The molecule has 3 unspecified atom stereocenters. The van der Waals surface area contributed by atoms with E-state index in [9.17, 15) is 5.11 Å². The summed E-state index contributed by atoms with van der Waals surface area (Å²) in [7, 11) is 0. The first-order valence-corrected chi connectivity index (χ1v) is 7.61. The van der Waals surface area contributed by atoms with Gasteiger partial charge in [0.15, 0.2) is 5.79 Å². The maximum absolute atomic E-state index is 11.0. The molecular formula is C15H18Cl2O4. The number of hydrogen-bond donors (Lipinski definition) is 1. The van der Waals surface area contributed by atoms with Crippen LogP contribution in [0.25, 0.3) is 0 Å². The first-order valence-electron chi connectivity index (χ1n) is 6.86. The van der Waals surface area contributed by atoms with Crippen molar-refractivity contribution in [2.45, 2.75) is 50.5 Å². The molecule has 21 heavy (non-hydrogen) atoms. The lowest BCUT2D eigenvalue weighted by Crippen LogP contribution is -2.45. The molecule has 6 heteroatoms. The van der Waals surface area contributed by atoms with E-state index in [-0.39, 0.29) is 12.2 Å².